The smallest absolute Gasteiger partial charge is 0.261 e. The van der Waals surface area contributed by atoms with Crippen LogP contribution in [0.5, 0.6) is 0 Å². The predicted octanol–water partition coefficient (Wildman–Crippen LogP) is 5.02. The number of hydrogen-bond donors (Lipinski definition) is 0. The van der Waals surface area contributed by atoms with Crippen molar-refractivity contribution in [2.24, 2.45) is 0 Å². The molecule has 2 aromatic carbocycles. The molecular weight excluding hydrogens is 360 g/mol. The monoisotopic (exact) mass is 392 g/mol. The van der Waals surface area contributed by atoms with E-state index in [1.165, 1.54) is 15.9 Å². The minimum atomic E-state index is -2.44. The summed E-state index contributed by atoms with van der Waals surface area (Å²) in [5.41, 5.74) is 1.29. The molecule has 0 aliphatic heterocycles. The number of hydrogen-bond acceptors (Lipinski definition) is 2. The standard InChI is InChI=1S/C25H32O2Si/c1-25(2,3)28(23-15-6-4-7-16-23,24-17-8-5-9-18-24)27-19-11-13-21-12-10-14-22(26)20-21/h4-9,15-18,20H,10-14,19H2,1-3H3. The highest BCUT2D eigenvalue weighted by Gasteiger charge is 2.49. The maximum atomic E-state index is 11.7. The fourth-order valence-electron chi connectivity index (χ4n) is 4.34. The fourth-order valence-corrected chi connectivity index (χ4v) is 8.95. The van der Waals surface area contributed by atoms with Crippen LogP contribution in [-0.2, 0) is 9.22 Å². The van der Waals surface area contributed by atoms with Crippen molar-refractivity contribution in [2.75, 3.05) is 6.61 Å². The summed E-state index contributed by atoms with van der Waals surface area (Å²) in [6.07, 6.45) is 6.56. The summed E-state index contributed by atoms with van der Waals surface area (Å²) in [4.78, 5) is 11.7. The van der Waals surface area contributed by atoms with Gasteiger partial charge in [-0.25, -0.2) is 0 Å². The summed E-state index contributed by atoms with van der Waals surface area (Å²) in [5, 5.41) is 2.65. The van der Waals surface area contributed by atoms with Crippen molar-refractivity contribution < 1.29 is 9.22 Å². The van der Waals surface area contributed by atoms with Gasteiger partial charge >= 0.3 is 0 Å². The molecular formula is C25H32O2Si. The molecule has 2 aromatic rings. The molecule has 0 unspecified atom stereocenters. The lowest BCUT2D eigenvalue weighted by molar-refractivity contribution is -0.115. The van der Waals surface area contributed by atoms with Crippen molar-refractivity contribution in [3.63, 3.8) is 0 Å². The average Bonchev–Trinajstić information content (AvgIpc) is 2.69. The van der Waals surface area contributed by atoms with Crippen LogP contribution in [0, 0.1) is 0 Å². The van der Waals surface area contributed by atoms with E-state index in [4.69, 9.17) is 4.43 Å². The second-order valence-electron chi connectivity index (χ2n) is 8.74. The first-order valence-corrected chi connectivity index (χ1v) is 12.3. The Morgan fingerprint density at radius 1 is 0.893 bits per heavy atom. The Balaban J connectivity index is 1.85. The predicted molar refractivity (Wildman–Crippen MR) is 120 cm³/mol. The van der Waals surface area contributed by atoms with E-state index in [-0.39, 0.29) is 10.8 Å². The average molecular weight is 393 g/mol. The molecule has 2 nitrogen and oxygen atoms in total. The number of rotatable bonds is 7. The van der Waals surface area contributed by atoms with E-state index in [0.717, 1.165) is 32.3 Å². The van der Waals surface area contributed by atoms with Crippen molar-refractivity contribution >= 4 is 24.5 Å². The molecule has 0 radical (unpaired) electrons. The second kappa shape index (κ2) is 9.02. The SMILES string of the molecule is CC(C)(C)[Si](OCCCC1=CC(=O)CCC1)(c1ccccc1)c1ccccc1. The highest BCUT2D eigenvalue weighted by Crippen LogP contribution is 2.37. The number of benzene rings is 2. The Hall–Kier alpha value is -1.97. The van der Waals surface area contributed by atoms with Crippen LogP contribution >= 0.6 is 0 Å². The summed E-state index contributed by atoms with van der Waals surface area (Å²) in [6.45, 7) is 7.64. The topological polar surface area (TPSA) is 26.3 Å². The van der Waals surface area contributed by atoms with Gasteiger partial charge in [-0.15, -0.1) is 0 Å². The zero-order valence-electron chi connectivity index (χ0n) is 17.4. The fraction of sp³-hybridized carbons (Fsp3) is 0.400. The van der Waals surface area contributed by atoms with Gasteiger partial charge in [0.1, 0.15) is 0 Å². The Kier molecular flexibility index (Phi) is 6.68. The van der Waals surface area contributed by atoms with Gasteiger partial charge < -0.3 is 4.43 Å². The second-order valence-corrected chi connectivity index (χ2v) is 13.0. The number of allylic oxidation sites excluding steroid dienone is 2. The van der Waals surface area contributed by atoms with Crippen molar-refractivity contribution in [3.05, 3.63) is 72.3 Å². The van der Waals surface area contributed by atoms with Crippen LogP contribution in [0.3, 0.4) is 0 Å². The molecule has 0 saturated carbocycles. The zero-order valence-corrected chi connectivity index (χ0v) is 18.4. The number of carbonyl (C=O) groups excluding carboxylic acids is 1. The molecule has 0 amide bonds. The van der Waals surface area contributed by atoms with Crippen LogP contribution in [-0.4, -0.2) is 20.7 Å². The highest BCUT2D eigenvalue weighted by molar-refractivity contribution is 6.99. The molecule has 0 spiro atoms. The van der Waals surface area contributed by atoms with Crippen LogP contribution in [0.25, 0.3) is 0 Å². The molecule has 3 rings (SSSR count). The van der Waals surface area contributed by atoms with Gasteiger partial charge in [-0.05, 0) is 47.2 Å². The lowest BCUT2D eigenvalue weighted by Crippen LogP contribution is -2.66. The minimum Gasteiger partial charge on any atom is -0.407 e. The van der Waals surface area contributed by atoms with Crippen LogP contribution < -0.4 is 10.4 Å². The third-order valence-corrected chi connectivity index (χ3v) is 10.7. The first kappa shape index (κ1) is 20.8. The quantitative estimate of drug-likeness (QED) is 0.488. The normalized spacial score (nSPS) is 15.4. The largest absolute Gasteiger partial charge is 0.407 e. The Morgan fingerprint density at radius 2 is 1.46 bits per heavy atom. The van der Waals surface area contributed by atoms with Crippen LogP contribution in [0.15, 0.2) is 72.3 Å². The van der Waals surface area contributed by atoms with Gasteiger partial charge in [0, 0.05) is 13.0 Å². The van der Waals surface area contributed by atoms with Gasteiger partial charge in [0.15, 0.2) is 5.78 Å². The molecule has 0 saturated heterocycles. The molecule has 28 heavy (non-hydrogen) atoms. The van der Waals surface area contributed by atoms with Crippen molar-refractivity contribution in [2.45, 2.75) is 57.9 Å². The molecule has 0 N–H and O–H groups in total. The summed E-state index contributed by atoms with van der Waals surface area (Å²) < 4.78 is 6.91. The lowest BCUT2D eigenvalue weighted by Gasteiger charge is -2.43. The van der Waals surface area contributed by atoms with E-state index in [9.17, 15) is 4.79 Å². The van der Waals surface area contributed by atoms with Crippen molar-refractivity contribution in [3.8, 4) is 0 Å². The number of carbonyl (C=O) groups is 1. The van der Waals surface area contributed by atoms with Gasteiger partial charge in [-0.3, -0.25) is 4.79 Å². The summed E-state index contributed by atoms with van der Waals surface area (Å²) in [5.74, 6) is 0.286. The summed E-state index contributed by atoms with van der Waals surface area (Å²) in [6, 6.07) is 21.5. The maximum absolute atomic E-state index is 11.7. The molecule has 148 valence electrons. The lowest BCUT2D eigenvalue weighted by atomic mass is 9.95. The van der Waals surface area contributed by atoms with Crippen LogP contribution in [0.4, 0.5) is 0 Å². The Morgan fingerprint density at radius 3 is 1.96 bits per heavy atom. The van der Waals surface area contributed by atoms with Crippen molar-refractivity contribution in [1.82, 2.24) is 0 Å². The van der Waals surface area contributed by atoms with Crippen LogP contribution in [0.2, 0.25) is 5.04 Å². The molecule has 0 atom stereocenters. The maximum Gasteiger partial charge on any atom is 0.261 e. The minimum absolute atomic E-state index is 0.00970. The summed E-state index contributed by atoms with van der Waals surface area (Å²) >= 11 is 0. The first-order chi connectivity index (χ1) is 13.4. The van der Waals surface area contributed by atoms with Gasteiger partial charge in [-0.1, -0.05) is 87.0 Å². The molecule has 1 aliphatic carbocycles. The van der Waals surface area contributed by atoms with E-state index in [0.29, 0.717) is 6.42 Å². The van der Waals surface area contributed by atoms with Gasteiger partial charge in [0.2, 0.25) is 0 Å². The first-order valence-electron chi connectivity index (χ1n) is 10.4. The third kappa shape index (κ3) is 4.53. The summed E-state index contributed by atoms with van der Waals surface area (Å²) in [7, 11) is -2.44. The molecule has 0 fully saturated rings. The van der Waals surface area contributed by atoms with E-state index in [1.54, 1.807) is 0 Å². The van der Waals surface area contributed by atoms with E-state index in [1.807, 2.05) is 6.08 Å². The van der Waals surface area contributed by atoms with E-state index in [2.05, 4.69) is 81.4 Å². The molecule has 0 aromatic heterocycles. The number of ketones is 1. The molecule has 1 aliphatic rings. The Bertz CT molecular complexity index is 764. The van der Waals surface area contributed by atoms with E-state index < -0.39 is 8.32 Å². The van der Waals surface area contributed by atoms with Gasteiger partial charge in [0.05, 0.1) is 0 Å². The Labute approximate surface area is 170 Å². The van der Waals surface area contributed by atoms with E-state index >= 15 is 0 Å². The zero-order chi connectivity index (χ0) is 20.0. The van der Waals surface area contributed by atoms with Gasteiger partial charge in [0.25, 0.3) is 8.32 Å². The van der Waals surface area contributed by atoms with Gasteiger partial charge in [-0.2, -0.15) is 0 Å². The molecule has 0 heterocycles. The van der Waals surface area contributed by atoms with Crippen molar-refractivity contribution in [1.29, 1.82) is 0 Å². The molecule has 3 heteroatoms. The van der Waals surface area contributed by atoms with Crippen LogP contribution in [0.1, 0.15) is 52.9 Å². The molecule has 0 bridgehead atoms. The highest BCUT2D eigenvalue weighted by atomic mass is 28.4. The third-order valence-electron chi connectivity index (χ3n) is 5.66.